The van der Waals surface area contributed by atoms with Gasteiger partial charge in [-0.1, -0.05) is 26.8 Å². The number of urea groups is 1. The van der Waals surface area contributed by atoms with Crippen LogP contribution in [0.3, 0.4) is 0 Å². The number of methoxy groups -OCH3 is 2. The Kier molecular flexibility index (Phi) is 6.49. The molecule has 1 heterocycles. The van der Waals surface area contributed by atoms with Gasteiger partial charge >= 0.3 is 12.0 Å². The fourth-order valence-corrected chi connectivity index (χ4v) is 2.74. The Bertz CT molecular complexity index is 712. The summed E-state index contributed by atoms with van der Waals surface area (Å²) < 4.78 is 16.1. The van der Waals surface area contributed by atoms with E-state index in [0.717, 1.165) is 0 Å². The van der Waals surface area contributed by atoms with Crippen molar-refractivity contribution >= 4 is 12.0 Å². The number of nitrogens with one attached hydrogen (secondary N) is 2. The predicted octanol–water partition coefficient (Wildman–Crippen LogP) is 2.92. The third-order valence-corrected chi connectivity index (χ3v) is 4.01. The Morgan fingerprint density at radius 3 is 2.54 bits per heavy atom. The minimum atomic E-state index is -0.626. The minimum absolute atomic E-state index is 0.362. The van der Waals surface area contributed by atoms with Crippen LogP contribution in [0.5, 0.6) is 11.5 Å². The van der Waals surface area contributed by atoms with Crippen molar-refractivity contribution in [3.05, 3.63) is 35.0 Å². The molecule has 7 nitrogen and oxygen atoms in total. The Morgan fingerprint density at radius 1 is 1.23 bits per heavy atom. The maximum atomic E-state index is 12.3. The van der Waals surface area contributed by atoms with Gasteiger partial charge < -0.3 is 24.8 Å². The molecule has 1 aromatic rings. The molecule has 142 valence electrons. The van der Waals surface area contributed by atoms with Crippen molar-refractivity contribution in [3.63, 3.8) is 0 Å². The summed E-state index contributed by atoms with van der Waals surface area (Å²) in [5.74, 6) is 1.05. The van der Waals surface area contributed by atoms with Gasteiger partial charge in [0.05, 0.1) is 32.4 Å². The predicted molar refractivity (Wildman–Crippen MR) is 97.1 cm³/mol. The third kappa shape index (κ3) is 4.28. The molecule has 7 heteroatoms. The molecule has 0 saturated carbocycles. The zero-order chi connectivity index (χ0) is 19.3. The summed E-state index contributed by atoms with van der Waals surface area (Å²) in [5, 5.41) is 5.45. The quantitative estimate of drug-likeness (QED) is 0.729. The van der Waals surface area contributed by atoms with E-state index >= 15 is 0 Å². The maximum Gasteiger partial charge on any atom is 0.337 e. The van der Waals surface area contributed by atoms with Crippen molar-refractivity contribution in [2.24, 2.45) is 5.92 Å². The first-order valence-corrected chi connectivity index (χ1v) is 8.60. The Morgan fingerprint density at radius 2 is 1.96 bits per heavy atom. The van der Waals surface area contributed by atoms with Crippen LogP contribution in [0.4, 0.5) is 4.79 Å². The maximum absolute atomic E-state index is 12.3. The van der Waals surface area contributed by atoms with Crippen LogP contribution in [0.2, 0.25) is 0 Å². The van der Waals surface area contributed by atoms with E-state index in [1.807, 2.05) is 13.0 Å². The number of carbonyl (C=O) groups excluding carboxylic acids is 2. The molecule has 0 spiro atoms. The van der Waals surface area contributed by atoms with Crippen LogP contribution >= 0.6 is 0 Å². The lowest BCUT2D eigenvalue weighted by Crippen LogP contribution is -2.45. The molecule has 1 aromatic carbocycles. The number of benzene rings is 1. The van der Waals surface area contributed by atoms with Crippen LogP contribution in [-0.4, -0.2) is 32.8 Å². The first-order valence-electron chi connectivity index (χ1n) is 8.60. The van der Waals surface area contributed by atoms with Crippen molar-refractivity contribution in [1.82, 2.24) is 10.6 Å². The van der Waals surface area contributed by atoms with E-state index in [4.69, 9.17) is 14.2 Å². The van der Waals surface area contributed by atoms with Gasteiger partial charge in [-0.3, -0.25) is 0 Å². The smallest absolute Gasteiger partial charge is 0.337 e. The van der Waals surface area contributed by atoms with Crippen LogP contribution in [0.15, 0.2) is 29.5 Å². The van der Waals surface area contributed by atoms with E-state index in [9.17, 15) is 9.59 Å². The molecular formula is C19H26N2O5. The zero-order valence-electron chi connectivity index (χ0n) is 15.8. The highest BCUT2D eigenvalue weighted by Crippen LogP contribution is 2.35. The van der Waals surface area contributed by atoms with E-state index in [-0.39, 0.29) is 6.03 Å². The SMILES string of the molecule is CCC1=C(C(=O)OC)C(c2ccc(OCC(C)C)c(OC)c2)NC(=O)N1. The summed E-state index contributed by atoms with van der Waals surface area (Å²) >= 11 is 0. The van der Waals surface area contributed by atoms with E-state index < -0.39 is 12.0 Å². The summed E-state index contributed by atoms with van der Waals surface area (Å²) in [6, 6.07) is 4.37. The lowest BCUT2D eigenvalue weighted by Gasteiger charge is -2.29. The van der Waals surface area contributed by atoms with Crippen molar-refractivity contribution in [3.8, 4) is 11.5 Å². The summed E-state index contributed by atoms with van der Waals surface area (Å²) in [6.45, 7) is 6.55. The van der Waals surface area contributed by atoms with Crippen molar-refractivity contribution in [1.29, 1.82) is 0 Å². The number of carbonyl (C=O) groups is 2. The van der Waals surface area contributed by atoms with Crippen molar-refractivity contribution in [2.75, 3.05) is 20.8 Å². The first-order chi connectivity index (χ1) is 12.4. The molecule has 0 bridgehead atoms. The molecule has 1 unspecified atom stereocenters. The molecule has 2 amide bonds. The van der Waals surface area contributed by atoms with Crippen LogP contribution in [0.1, 0.15) is 38.8 Å². The van der Waals surface area contributed by atoms with Gasteiger partial charge in [0.15, 0.2) is 11.5 Å². The second kappa shape index (κ2) is 8.60. The molecule has 0 saturated heterocycles. The largest absolute Gasteiger partial charge is 0.493 e. The molecule has 1 aliphatic rings. The van der Waals surface area contributed by atoms with Gasteiger partial charge in [0.1, 0.15) is 0 Å². The second-order valence-corrected chi connectivity index (χ2v) is 6.38. The fraction of sp³-hybridized carbons (Fsp3) is 0.474. The van der Waals surface area contributed by atoms with Gasteiger partial charge in [-0.25, -0.2) is 9.59 Å². The molecule has 1 atom stereocenters. The van der Waals surface area contributed by atoms with Gasteiger partial charge in [0, 0.05) is 5.70 Å². The van der Waals surface area contributed by atoms with Crippen molar-refractivity contribution in [2.45, 2.75) is 33.2 Å². The second-order valence-electron chi connectivity index (χ2n) is 6.38. The fourth-order valence-electron chi connectivity index (χ4n) is 2.74. The number of amides is 2. The average Bonchev–Trinajstić information content (AvgIpc) is 2.64. The summed E-state index contributed by atoms with van der Waals surface area (Å²) in [5.41, 5.74) is 1.64. The Hall–Kier alpha value is -2.70. The summed E-state index contributed by atoms with van der Waals surface area (Å²) in [6.07, 6.45) is 0.501. The van der Waals surface area contributed by atoms with Crippen LogP contribution in [0.25, 0.3) is 0 Å². The normalized spacial score (nSPS) is 16.8. The van der Waals surface area contributed by atoms with E-state index in [0.29, 0.717) is 47.3 Å². The van der Waals surface area contributed by atoms with E-state index in [1.54, 1.807) is 19.2 Å². The van der Waals surface area contributed by atoms with Crippen LogP contribution in [0, 0.1) is 5.92 Å². The van der Waals surface area contributed by atoms with E-state index in [1.165, 1.54) is 7.11 Å². The highest BCUT2D eigenvalue weighted by atomic mass is 16.5. The number of ether oxygens (including phenoxy) is 3. The minimum Gasteiger partial charge on any atom is -0.493 e. The molecule has 2 N–H and O–H groups in total. The van der Waals surface area contributed by atoms with Gasteiger partial charge in [0.2, 0.25) is 0 Å². The van der Waals surface area contributed by atoms with Gasteiger partial charge in [-0.05, 0) is 30.0 Å². The Balaban J connectivity index is 2.43. The highest BCUT2D eigenvalue weighted by Gasteiger charge is 2.33. The van der Waals surface area contributed by atoms with Gasteiger partial charge in [0.25, 0.3) is 0 Å². The summed E-state index contributed by atoms with van der Waals surface area (Å²) in [4.78, 5) is 24.3. The van der Waals surface area contributed by atoms with Gasteiger partial charge in [-0.15, -0.1) is 0 Å². The average molecular weight is 362 g/mol. The molecule has 26 heavy (non-hydrogen) atoms. The number of hydrogen-bond acceptors (Lipinski definition) is 5. The number of rotatable bonds is 7. The number of esters is 1. The standard InChI is InChI=1S/C19H26N2O5/c1-6-13-16(18(22)25-5)17(21-19(23)20-13)12-7-8-14(15(9-12)24-4)26-10-11(2)3/h7-9,11,17H,6,10H2,1-5H3,(H2,20,21,23). The molecule has 1 aliphatic heterocycles. The number of allylic oxidation sites excluding steroid dienone is 1. The number of hydrogen-bond donors (Lipinski definition) is 2. The lowest BCUT2D eigenvalue weighted by atomic mass is 9.94. The van der Waals surface area contributed by atoms with Crippen LogP contribution < -0.4 is 20.1 Å². The lowest BCUT2D eigenvalue weighted by molar-refractivity contribution is -0.136. The van der Waals surface area contributed by atoms with E-state index in [2.05, 4.69) is 24.5 Å². The monoisotopic (exact) mass is 362 g/mol. The third-order valence-electron chi connectivity index (χ3n) is 4.01. The zero-order valence-corrected chi connectivity index (χ0v) is 15.8. The van der Waals surface area contributed by atoms with Crippen molar-refractivity contribution < 1.29 is 23.8 Å². The summed E-state index contributed by atoms with van der Waals surface area (Å²) in [7, 11) is 2.87. The van der Waals surface area contributed by atoms with Crippen LogP contribution in [-0.2, 0) is 9.53 Å². The molecule has 0 aromatic heterocycles. The van der Waals surface area contributed by atoms with Gasteiger partial charge in [-0.2, -0.15) is 0 Å². The molecule has 2 rings (SSSR count). The molecule has 0 radical (unpaired) electrons. The highest BCUT2D eigenvalue weighted by molar-refractivity contribution is 5.95. The molecule has 0 fully saturated rings. The molecule has 0 aliphatic carbocycles. The topological polar surface area (TPSA) is 85.9 Å². The Labute approximate surface area is 153 Å². The first kappa shape index (κ1) is 19.6. The molecular weight excluding hydrogens is 336 g/mol.